The maximum absolute atomic E-state index is 12.4. The van der Waals surface area contributed by atoms with Gasteiger partial charge in [0.15, 0.2) is 0 Å². The van der Waals surface area contributed by atoms with E-state index in [0.717, 1.165) is 20.5 Å². The molecule has 0 atom stereocenters. The molecule has 4 aromatic rings. The fourth-order valence-electron chi connectivity index (χ4n) is 2.37. The van der Waals surface area contributed by atoms with Crippen molar-refractivity contribution in [2.24, 2.45) is 0 Å². The predicted octanol–water partition coefficient (Wildman–Crippen LogP) is 4.48. The molecule has 0 radical (unpaired) electrons. The van der Waals surface area contributed by atoms with Crippen molar-refractivity contribution in [1.29, 1.82) is 0 Å². The van der Waals surface area contributed by atoms with Gasteiger partial charge in [0.25, 0.3) is 5.56 Å². The number of nitrogens with one attached hydrogen (secondary N) is 1. The molecule has 0 saturated heterocycles. The molecule has 23 heavy (non-hydrogen) atoms. The molecule has 3 aromatic heterocycles. The van der Waals surface area contributed by atoms with Crippen molar-refractivity contribution in [2.75, 3.05) is 0 Å². The quantitative estimate of drug-likeness (QED) is 0.555. The average Bonchev–Trinajstić information content (AvgIpc) is 3.00. The summed E-state index contributed by atoms with van der Waals surface area (Å²) in [5.41, 5.74) is 2.50. The van der Waals surface area contributed by atoms with Crippen molar-refractivity contribution in [2.45, 2.75) is 0 Å². The SMILES string of the molecule is O=c1[nH]c(-c2ccncc2)nc2cc(-c3cccc(Br)c3)sc12. The second kappa shape index (κ2) is 5.72. The van der Waals surface area contributed by atoms with Gasteiger partial charge in [-0.3, -0.25) is 9.78 Å². The first-order valence-electron chi connectivity index (χ1n) is 6.91. The van der Waals surface area contributed by atoms with Gasteiger partial charge in [-0.25, -0.2) is 4.98 Å². The highest BCUT2D eigenvalue weighted by molar-refractivity contribution is 9.10. The van der Waals surface area contributed by atoms with Crippen molar-refractivity contribution >= 4 is 37.5 Å². The van der Waals surface area contributed by atoms with Crippen LogP contribution in [0.3, 0.4) is 0 Å². The Kier molecular flexibility index (Phi) is 3.55. The topological polar surface area (TPSA) is 58.6 Å². The highest BCUT2D eigenvalue weighted by Crippen LogP contribution is 2.32. The van der Waals surface area contributed by atoms with Crippen molar-refractivity contribution in [3.63, 3.8) is 0 Å². The monoisotopic (exact) mass is 383 g/mol. The van der Waals surface area contributed by atoms with E-state index in [4.69, 9.17) is 0 Å². The first kappa shape index (κ1) is 14.3. The van der Waals surface area contributed by atoms with E-state index in [9.17, 15) is 4.79 Å². The Bertz CT molecular complexity index is 1060. The second-order valence-electron chi connectivity index (χ2n) is 4.99. The van der Waals surface area contributed by atoms with Crippen molar-refractivity contribution in [1.82, 2.24) is 15.0 Å². The molecule has 0 saturated carbocycles. The lowest BCUT2D eigenvalue weighted by molar-refractivity contribution is 1.18. The zero-order chi connectivity index (χ0) is 15.8. The van der Waals surface area contributed by atoms with Gasteiger partial charge in [-0.05, 0) is 35.9 Å². The number of halogens is 1. The number of nitrogens with zero attached hydrogens (tertiary/aromatic N) is 2. The average molecular weight is 384 g/mol. The van der Waals surface area contributed by atoms with Gasteiger partial charge in [0.1, 0.15) is 10.5 Å². The number of aromatic amines is 1. The van der Waals surface area contributed by atoms with Crippen LogP contribution in [0.2, 0.25) is 0 Å². The third kappa shape index (κ3) is 2.71. The van der Waals surface area contributed by atoms with Gasteiger partial charge >= 0.3 is 0 Å². The third-order valence-electron chi connectivity index (χ3n) is 3.45. The molecule has 0 fully saturated rings. The van der Waals surface area contributed by atoms with Crippen LogP contribution in [0, 0.1) is 0 Å². The van der Waals surface area contributed by atoms with Crippen LogP contribution in [0.1, 0.15) is 0 Å². The van der Waals surface area contributed by atoms with E-state index in [0.29, 0.717) is 16.0 Å². The van der Waals surface area contributed by atoms with Crippen molar-refractivity contribution in [3.05, 3.63) is 69.7 Å². The molecule has 0 amide bonds. The highest BCUT2D eigenvalue weighted by Gasteiger charge is 2.11. The van der Waals surface area contributed by atoms with E-state index in [1.165, 1.54) is 11.3 Å². The molecule has 6 heteroatoms. The number of aromatic nitrogens is 3. The number of rotatable bonds is 2. The molecular formula is C17H10BrN3OS. The van der Waals surface area contributed by atoms with Crippen LogP contribution in [-0.2, 0) is 0 Å². The fourth-order valence-corrected chi connectivity index (χ4v) is 3.76. The Labute approximate surface area is 144 Å². The molecule has 1 aromatic carbocycles. The van der Waals surface area contributed by atoms with Crippen LogP contribution >= 0.6 is 27.3 Å². The minimum atomic E-state index is -0.118. The smallest absolute Gasteiger partial charge is 0.269 e. The van der Waals surface area contributed by atoms with E-state index in [2.05, 4.69) is 30.9 Å². The first-order valence-corrected chi connectivity index (χ1v) is 8.52. The summed E-state index contributed by atoms with van der Waals surface area (Å²) in [5, 5.41) is 0. The summed E-state index contributed by atoms with van der Waals surface area (Å²) in [6.45, 7) is 0. The third-order valence-corrected chi connectivity index (χ3v) is 5.11. The van der Waals surface area contributed by atoms with E-state index < -0.39 is 0 Å². The Morgan fingerprint density at radius 1 is 1.04 bits per heavy atom. The molecule has 4 rings (SSSR count). The van der Waals surface area contributed by atoms with Crippen LogP contribution in [0.5, 0.6) is 0 Å². The molecule has 4 nitrogen and oxygen atoms in total. The Hall–Kier alpha value is -2.31. The Balaban J connectivity index is 1.89. The molecular weight excluding hydrogens is 374 g/mol. The number of fused-ring (bicyclic) bond motifs is 1. The summed E-state index contributed by atoms with van der Waals surface area (Å²) in [6, 6.07) is 13.6. The molecule has 0 bridgehead atoms. The summed E-state index contributed by atoms with van der Waals surface area (Å²) < 4.78 is 1.64. The summed E-state index contributed by atoms with van der Waals surface area (Å²) >= 11 is 4.93. The van der Waals surface area contributed by atoms with E-state index in [-0.39, 0.29) is 5.56 Å². The van der Waals surface area contributed by atoms with Gasteiger partial charge in [-0.15, -0.1) is 11.3 Å². The lowest BCUT2D eigenvalue weighted by Crippen LogP contribution is -2.07. The highest BCUT2D eigenvalue weighted by atomic mass is 79.9. The normalized spacial score (nSPS) is 11.0. The molecule has 0 spiro atoms. The molecule has 0 aliphatic rings. The largest absolute Gasteiger partial charge is 0.305 e. The van der Waals surface area contributed by atoms with Gasteiger partial charge in [0.05, 0.1) is 5.52 Å². The molecule has 3 heterocycles. The minimum Gasteiger partial charge on any atom is -0.305 e. The number of hydrogen-bond acceptors (Lipinski definition) is 4. The van der Waals surface area contributed by atoms with E-state index in [1.807, 2.05) is 42.5 Å². The number of thiophene rings is 1. The minimum absolute atomic E-state index is 0.118. The fraction of sp³-hybridized carbons (Fsp3) is 0. The van der Waals surface area contributed by atoms with Crippen molar-refractivity contribution in [3.8, 4) is 21.8 Å². The molecule has 0 unspecified atom stereocenters. The maximum atomic E-state index is 12.4. The molecule has 0 aliphatic heterocycles. The van der Waals surface area contributed by atoms with Gasteiger partial charge in [-0.2, -0.15) is 0 Å². The summed E-state index contributed by atoms with van der Waals surface area (Å²) in [6.07, 6.45) is 3.36. The molecule has 112 valence electrons. The maximum Gasteiger partial charge on any atom is 0.269 e. The van der Waals surface area contributed by atoms with Gasteiger partial charge in [0.2, 0.25) is 0 Å². The van der Waals surface area contributed by atoms with Crippen LogP contribution in [0.15, 0.2) is 64.1 Å². The second-order valence-corrected chi connectivity index (χ2v) is 6.95. The molecule has 1 N–H and O–H groups in total. The predicted molar refractivity (Wildman–Crippen MR) is 96.6 cm³/mol. The lowest BCUT2D eigenvalue weighted by Gasteiger charge is -1.99. The standard InChI is InChI=1S/C17H10BrN3OS/c18-12-3-1-2-11(8-12)14-9-13-15(23-14)17(22)21-16(20-13)10-4-6-19-7-5-10/h1-9H,(H,20,21,22). The first-order chi connectivity index (χ1) is 11.2. The van der Waals surface area contributed by atoms with Crippen molar-refractivity contribution < 1.29 is 0 Å². The van der Waals surface area contributed by atoms with Crippen LogP contribution in [0.4, 0.5) is 0 Å². The Morgan fingerprint density at radius 3 is 2.65 bits per heavy atom. The zero-order valence-electron chi connectivity index (χ0n) is 11.8. The van der Waals surface area contributed by atoms with Gasteiger partial charge < -0.3 is 4.98 Å². The van der Waals surface area contributed by atoms with Gasteiger partial charge in [0, 0.05) is 27.3 Å². The molecule has 0 aliphatic carbocycles. The zero-order valence-corrected chi connectivity index (χ0v) is 14.2. The lowest BCUT2D eigenvalue weighted by atomic mass is 10.2. The van der Waals surface area contributed by atoms with Crippen LogP contribution < -0.4 is 5.56 Å². The number of pyridine rings is 1. The summed E-state index contributed by atoms with van der Waals surface area (Å²) in [7, 11) is 0. The van der Waals surface area contributed by atoms with Crippen LogP contribution in [-0.4, -0.2) is 15.0 Å². The van der Waals surface area contributed by atoms with Gasteiger partial charge in [-0.1, -0.05) is 28.1 Å². The van der Waals surface area contributed by atoms with Crippen LogP contribution in [0.25, 0.3) is 32.0 Å². The van der Waals surface area contributed by atoms with E-state index >= 15 is 0 Å². The Morgan fingerprint density at radius 2 is 1.87 bits per heavy atom. The summed E-state index contributed by atoms with van der Waals surface area (Å²) in [5.74, 6) is 0.559. The number of benzene rings is 1. The number of hydrogen-bond donors (Lipinski definition) is 1. The number of H-pyrrole nitrogens is 1. The van der Waals surface area contributed by atoms with E-state index in [1.54, 1.807) is 12.4 Å². The summed E-state index contributed by atoms with van der Waals surface area (Å²) in [4.78, 5) is 24.8.